The van der Waals surface area contributed by atoms with Gasteiger partial charge in [-0.1, -0.05) is 176 Å². The Balaban J connectivity index is 1.17. The summed E-state index contributed by atoms with van der Waals surface area (Å²) in [5.41, 5.74) is 24.3. The summed E-state index contributed by atoms with van der Waals surface area (Å²) in [6.45, 7) is 17.6. The third kappa shape index (κ3) is 8.28. The van der Waals surface area contributed by atoms with E-state index in [1.54, 1.807) is 0 Å². The molecule has 0 unspecified atom stereocenters. The molecule has 0 amide bonds. The number of rotatable bonds is 8. The number of hydrogen-bond donors (Lipinski definition) is 0. The molecule has 90 heavy (non-hydrogen) atoms. The summed E-state index contributed by atoms with van der Waals surface area (Å²) >= 11 is 0. The van der Waals surface area contributed by atoms with Crippen LogP contribution in [0.3, 0.4) is 0 Å². The van der Waals surface area contributed by atoms with Gasteiger partial charge in [-0.05, 0) is 160 Å². The lowest BCUT2D eigenvalue weighted by molar-refractivity contribution is 0.959. The fourth-order valence-corrected chi connectivity index (χ4v) is 14.2. The average molecular weight is 1160 g/mol. The van der Waals surface area contributed by atoms with Crippen molar-refractivity contribution in [2.45, 2.75) is 55.4 Å². The van der Waals surface area contributed by atoms with Gasteiger partial charge in [0.15, 0.2) is 29.1 Å². The summed E-state index contributed by atoms with van der Waals surface area (Å²) in [5.74, 6) is 3.33. The van der Waals surface area contributed by atoms with E-state index in [1.165, 1.54) is 0 Å². The quantitative estimate of drug-likeness (QED) is 0.152. The predicted molar refractivity (Wildman–Crippen MR) is 375 cm³/mol. The zero-order valence-electron chi connectivity index (χ0n) is 51.5. The Morgan fingerprint density at radius 3 is 0.744 bits per heavy atom. The van der Waals surface area contributed by atoms with Crippen LogP contribution in [0.4, 0.5) is 0 Å². The summed E-state index contributed by atoms with van der Waals surface area (Å²) in [6, 6.07) is 84.8. The summed E-state index contributed by atoms with van der Waals surface area (Å²) in [4.78, 5) is 22.6. The van der Waals surface area contributed by atoms with E-state index in [9.17, 15) is 0 Å². The molecule has 430 valence electrons. The minimum absolute atomic E-state index is 0.565. The Kier molecular flexibility index (Phi) is 11.9. The summed E-state index contributed by atoms with van der Waals surface area (Å²) in [7, 11) is 0. The average Bonchev–Trinajstić information content (AvgIpc) is 1.46. The van der Waals surface area contributed by atoms with Crippen LogP contribution in [0.5, 0.6) is 0 Å². The highest BCUT2D eigenvalue weighted by Gasteiger charge is 2.33. The fourth-order valence-electron chi connectivity index (χ4n) is 14.2. The molecule has 0 saturated carbocycles. The molecule has 0 spiro atoms. The summed E-state index contributed by atoms with van der Waals surface area (Å²) in [5, 5.41) is 9.24. The lowest BCUT2D eigenvalue weighted by atomic mass is 9.98. The minimum atomic E-state index is 0.565. The van der Waals surface area contributed by atoms with Gasteiger partial charge in [0, 0.05) is 65.3 Å². The Bertz CT molecular complexity index is 5310. The number of aryl methyl sites for hydroxylation is 8. The molecule has 17 rings (SSSR count). The van der Waals surface area contributed by atoms with Crippen LogP contribution in [0, 0.1) is 55.4 Å². The molecule has 0 bridgehead atoms. The van der Waals surface area contributed by atoms with Crippen molar-refractivity contribution in [2.24, 2.45) is 0 Å². The first-order valence-corrected chi connectivity index (χ1v) is 31.0. The molecular weight excluding hydrogens is 1100 g/mol. The van der Waals surface area contributed by atoms with Gasteiger partial charge in [0.1, 0.15) is 11.4 Å². The van der Waals surface area contributed by atoms with E-state index in [2.05, 4.69) is 268 Å². The maximum absolute atomic E-state index is 6.61. The molecule has 6 heterocycles. The molecule has 8 heteroatoms. The smallest absolute Gasteiger partial charge is 0.165 e. The van der Waals surface area contributed by atoms with E-state index in [1.807, 2.05) is 36.4 Å². The Hall–Kier alpha value is -11.2. The highest BCUT2D eigenvalue weighted by molar-refractivity contribution is 6.16. The molecule has 0 saturated heterocycles. The van der Waals surface area contributed by atoms with Gasteiger partial charge < -0.3 is 9.13 Å². The third-order valence-corrected chi connectivity index (χ3v) is 18.4. The molecular formula is C82H62N8. The van der Waals surface area contributed by atoms with Crippen molar-refractivity contribution in [1.29, 1.82) is 0 Å². The standard InChI is InChI=1S/C82H62N8/c1-47-22-30-59-60-31-23-48(2)39-68(60)87(67(59)38-47)76-75(57-20-15-21-58(46-57)80-84-78(55-16-11-9-12-17-55)83-79(85-80)56-18-13-10-14-19-56)77(88-69-40-49(3)24-32-61(69)62-33-25-50(4)41-70(62)88)82(90-73-44-53(7)28-36-65(73)66-37-29-54(8)45-74(66)90)86-81(76)89-71-42-51(5)26-34-63(71)64-35-27-52(6)43-72(64)89/h9-46H,1-8H3. The van der Waals surface area contributed by atoms with Crippen LogP contribution in [-0.2, 0) is 0 Å². The van der Waals surface area contributed by atoms with Crippen molar-refractivity contribution in [1.82, 2.24) is 38.2 Å². The van der Waals surface area contributed by atoms with Crippen LogP contribution in [-0.4, -0.2) is 38.2 Å². The van der Waals surface area contributed by atoms with E-state index < -0.39 is 0 Å². The SMILES string of the molecule is Cc1ccc2c3ccc(C)cc3n(-c3nc(-n4c5cc(C)ccc5c5ccc(C)cc54)c(-n4c5cc(C)ccc5c5ccc(C)cc54)c(-c4cccc(-c5nc(-c6ccccc6)nc(-c6ccccc6)n5)c4)c3-n3c4cc(C)ccc4c4ccc(C)cc43)c2c1. The fraction of sp³-hybridized carbons (Fsp3) is 0.0976. The van der Waals surface area contributed by atoms with Gasteiger partial charge in [0.25, 0.3) is 0 Å². The molecule has 11 aromatic carbocycles. The van der Waals surface area contributed by atoms with Crippen LogP contribution in [0.2, 0.25) is 0 Å². The van der Waals surface area contributed by atoms with Crippen LogP contribution < -0.4 is 0 Å². The zero-order valence-corrected chi connectivity index (χ0v) is 51.5. The van der Waals surface area contributed by atoms with Crippen LogP contribution in [0.1, 0.15) is 44.5 Å². The largest absolute Gasteiger partial charge is 0.305 e. The molecule has 0 N–H and O–H groups in total. The molecule has 8 nitrogen and oxygen atoms in total. The van der Waals surface area contributed by atoms with E-state index in [0.717, 1.165) is 183 Å². The first-order chi connectivity index (χ1) is 43.9. The van der Waals surface area contributed by atoms with Crippen molar-refractivity contribution < 1.29 is 0 Å². The van der Waals surface area contributed by atoms with Crippen molar-refractivity contribution in [3.8, 4) is 68.3 Å². The molecule has 0 aliphatic rings. The second-order valence-corrected chi connectivity index (χ2v) is 25.0. The van der Waals surface area contributed by atoms with Crippen LogP contribution >= 0.6 is 0 Å². The molecule has 0 aliphatic carbocycles. The number of hydrogen-bond acceptors (Lipinski definition) is 4. The van der Waals surface area contributed by atoms with E-state index in [-0.39, 0.29) is 0 Å². The number of nitrogens with zero attached hydrogens (tertiary/aromatic N) is 8. The maximum Gasteiger partial charge on any atom is 0.165 e. The molecule has 0 fully saturated rings. The van der Waals surface area contributed by atoms with Crippen molar-refractivity contribution >= 4 is 87.2 Å². The van der Waals surface area contributed by atoms with Crippen molar-refractivity contribution in [3.05, 3.63) is 275 Å². The van der Waals surface area contributed by atoms with Crippen molar-refractivity contribution in [3.63, 3.8) is 0 Å². The first kappa shape index (κ1) is 53.1. The van der Waals surface area contributed by atoms with Gasteiger partial charge in [-0.3, -0.25) is 9.13 Å². The van der Waals surface area contributed by atoms with Gasteiger partial charge in [0.05, 0.1) is 44.1 Å². The highest BCUT2D eigenvalue weighted by atomic mass is 15.2. The van der Waals surface area contributed by atoms with Gasteiger partial charge in [-0.25, -0.2) is 19.9 Å². The van der Waals surface area contributed by atoms with Crippen molar-refractivity contribution in [2.75, 3.05) is 0 Å². The van der Waals surface area contributed by atoms with Crippen LogP contribution in [0.25, 0.3) is 156 Å². The highest BCUT2D eigenvalue weighted by Crippen LogP contribution is 2.50. The minimum Gasteiger partial charge on any atom is -0.305 e. The number of benzene rings is 11. The summed E-state index contributed by atoms with van der Waals surface area (Å²) in [6.07, 6.45) is 0. The first-order valence-electron chi connectivity index (χ1n) is 31.0. The second-order valence-electron chi connectivity index (χ2n) is 25.0. The molecule has 0 radical (unpaired) electrons. The maximum atomic E-state index is 6.61. The third-order valence-electron chi connectivity index (χ3n) is 18.4. The van der Waals surface area contributed by atoms with Gasteiger partial charge in [0.2, 0.25) is 0 Å². The van der Waals surface area contributed by atoms with E-state index in [0.29, 0.717) is 17.5 Å². The van der Waals surface area contributed by atoms with E-state index in [4.69, 9.17) is 19.9 Å². The zero-order chi connectivity index (χ0) is 60.8. The Labute approximate surface area is 521 Å². The Morgan fingerprint density at radius 1 is 0.211 bits per heavy atom. The predicted octanol–water partition coefficient (Wildman–Crippen LogP) is 20.8. The van der Waals surface area contributed by atoms with E-state index >= 15 is 0 Å². The second kappa shape index (κ2) is 20.2. The molecule has 17 aromatic rings. The summed E-state index contributed by atoms with van der Waals surface area (Å²) < 4.78 is 10.1. The normalized spacial score (nSPS) is 12.0. The number of pyridine rings is 1. The monoisotopic (exact) mass is 1160 g/mol. The molecule has 0 aliphatic heterocycles. The van der Waals surface area contributed by atoms with Gasteiger partial charge in [-0.15, -0.1) is 0 Å². The topological polar surface area (TPSA) is 71.3 Å². The van der Waals surface area contributed by atoms with Gasteiger partial charge >= 0.3 is 0 Å². The van der Waals surface area contributed by atoms with Gasteiger partial charge in [-0.2, -0.15) is 0 Å². The van der Waals surface area contributed by atoms with Crippen LogP contribution in [0.15, 0.2) is 231 Å². The number of fused-ring (bicyclic) bond motifs is 12. The molecule has 6 aromatic heterocycles. The molecule has 0 atom stereocenters. The lowest BCUT2D eigenvalue weighted by Gasteiger charge is -2.27. The number of aromatic nitrogens is 8. The lowest BCUT2D eigenvalue weighted by Crippen LogP contribution is -2.16. The Morgan fingerprint density at radius 2 is 0.456 bits per heavy atom.